The van der Waals surface area contributed by atoms with Crippen LogP contribution in [0.5, 0.6) is 0 Å². The lowest BCUT2D eigenvalue weighted by Gasteiger charge is -2.23. The third kappa shape index (κ3) is 14.2. The SMILES string of the molecule is CCCCOCCOCCOCCNCC(C)(C)OC. The van der Waals surface area contributed by atoms with Crippen molar-refractivity contribution in [2.45, 2.75) is 39.2 Å². The molecule has 0 bridgehead atoms. The zero-order valence-electron chi connectivity index (χ0n) is 13.7. The van der Waals surface area contributed by atoms with E-state index in [1.807, 2.05) is 0 Å². The standard InChI is InChI=1S/C15H33NO4/c1-5-6-8-18-10-12-20-13-11-19-9-7-16-14-15(2,3)17-4/h16H,5-14H2,1-4H3. The molecule has 0 aromatic rings. The highest BCUT2D eigenvalue weighted by Gasteiger charge is 2.14. The molecule has 1 N–H and O–H groups in total. The fourth-order valence-electron chi connectivity index (χ4n) is 1.39. The van der Waals surface area contributed by atoms with Gasteiger partial charge in [-0.2, -0.15) is 0 Å². The maximum absolute atomic E-state index is 5.46. The first-order chi connectivity index (χ1) is 9.62. The van der Waals surface area contributed by atoms with Gasteiger partial charge in [0.05, 0.1) is 38.6 Å². The molecule has 5 nitrogen and oxygen atoms in total. The Kier molecular flexibility index (Phi) is 13.6. The second-order valence-electron chi connectivity index (χ2n) is 5.33. The summed E-state index contributed by atoms with van der Waals surface area (Å²) in [4.78, 5) is 0. The Balaban J connectivity index is 3.06. The van der Waals surface area contributed by atoms with Gasteiger partial charge < -0.3 is 24.3 Å². The molecule has 122 valence electrons. The lowest BCUT2D eigenvalue weighted by molar-refractivity contribution is 0.00982. The van der Waals surface area contributed by atoms with Crippen molar-refractivity contribution in [1.29, 1.82) is 0 Å². The maximum atomic E-state index is 5.46. The monoisotopic (exact) mass is 291 g/mol. The highest BCUT2D eigenvalue weighted by atomic mass is 16.5. The number of unbranched alkanes of at least 4 members (excludes halogenated alkanes) is 1. The van der Waals surface area contributed by atoms with Gasteiger partial charge in [-0.15, -0.1) is 0 Å². The molecule has 0 atom stereocenters. The van der Waals surface area contributed by atoms with Crippen molar-refractivity contribution >= 4 is 0 Å². The summed E-state index contributed by atoms with van der Waals surface area (Å²) < 4.78 is 21.6. The molecule has 20 heavy (non-hydrogen) atoms. The Labute approximate surface area is 124 Å². The molecule has 0 aliphatic rings. The summed E-state index contributed by atoms with van der Waals surface area (Å²) in [5.74, 6) is 0. The Morgan fingerprint density at radius 2 is 1.40 bits per heavy atom. The van der Waals surface area contributed by atoms with E-state index in [2.05, 4.69) is 26.1 Å². The van der Waals surface area contributed by atoms with Crippen molar-refractivity contribution < 1.29 is 18.9 Å². The van der Waals surface area contributed by atoms with Crippen molar-refractivity contribution in [2.75, 3.05) is 59.8 Å². The minimum absolute atomic E-state index is 0.124. The van der Waals surface area contributed by atoms with E-state index in [0.717, 1.165) is 26.1 Å². The van der Waals surface area contributed by atoms with E-state index < -0.39 is 0 Å². The van der Waals surface area contributed by atoms with E-state index in [4.69, 9.17) is 18.9 Å². The van der Waals surface area contributed by atoms with Crippen LogP contribution in [0.1, 0.15) is 33.6 Å². The summed E-state index contributed by atoms with van der Waals surface area (Å²) in [5, 5.41) is 3.30. The predicted octanol–water partition coefficient (Wildman–Crippen LogP) is 1.85. The molecule has 0 amide bonds. The van der Waals surface area contributed by atoms with E-state index in [1.165, 1.54) is 6.42 Å². The van der Waals surface area contributed by atoms with Crippen LogP contribution in [-0.2, 0) is 18.9 Å². The smallest absolute Gasteiger partial charge is 0.0746 e. The number of ether oxygens (including phenoxy) is 4. The fraction of sp³-hybridized carbons (Fsp3) is 1.00. The number of methoxy groups -OCH3 is 1. The summed E-state index contributed by atoms with van der Waals surface area (Å²) in [6.07, 6.45) is 2.29. The molecular formula is C15H33NO4. The van der Waals surface area contributed by atoms with Gasteiger partial charge in [0, 0.05) is 26.8 Å². The van der Waals surface area contributed by atoms with Gasteiger partial charge in [-0.1, -0.05) is 13.3 Å². The van der Waals surface area contributed by atoms with Crippen LogP contribution in [0.3, 0.4) is 0 Å². The average molecular weight is 291 g/mol. The average Bonchev–Trinajstić information content (AvgIpc) is 2.44. The Hall–Kier alpha value is -0.200. The molecule has 5 heteroatoms. The lowest BCUT2D eigenvalue weighted by Crippen LogP contribution is -2.38. The third-order valence-electron chi connectivity index (χ3n) is 2.91. The molecular weight excluding hydrogens is 258 g/mol. The highest BCUT2D eigenvalue weighted by molar-refractivity contribution is 4.70. The predicted molar refractivity (Wildman–Crippen MR) is 81.3 cm³/mol. The van der Waals surface area contributed by atoms with Crippen molar-refractivity contribution in [1.82, 2.24) is 5.32 Å². The van der Waals surface area contributed by atoms with Gasteiger partial charge in [-0.3, -0.25) is 0 Å². The molecule has 0 saturated carbocycles. The molecule has 0 radical (unpaired) electrons. The molecule has 0 aliphatic carbocycles. The minimum atomic E-state index is -0.124. The summed E-state index contributed by atoms with van der Waals surface area (Å²) in [6.45, 7) is 12.0. The Bertz CT molecular complexity index is 200. The Morgan fingerprint density at radius 3 is 1.95 bits per heavy atom. The van der Waals surface area contributed by atoms with E-state index >= 15 is 0 Å². The molecule has 0 aliphatic heterocycles. The van der Waals surface area contributed by atoms with Crippen LogP contribution in [0.15, 0.2) is 0 Å². The van der Waals surface area contributed by atoms with E-state index in [-0.39, 0.29) is 5.60 Å². The molecule has 0 spiro atoms. The largest absolute Gasteiger partial charge is 0.379 e. The first-order valence-electron chi connectivity index (χ1n) is 7.61. The van der Waals surface area contributed by atoms with Crippen molar-refractivity contribution in [3.63, 3.8) is 0 Å². The van der Waals surface area contributed by atoms with E-state index in [0.29, 0.717) is 33.0 Å². The number of rotatable bonds is 15. The van der Waals surface area contributed by atoms with Crippen molar-refractivity contribution in [3.05, 3.63) is 0 Å². The van der Waals surface area contributed by atoms with E-state index in [1.54, 1.807) is 7.11 Å². The van der Waals surface area contributed by atoms with Crippen LogP contribution in [0, 0.1) is 0 Å². The molecule has 0 aromatic heterocycles. The summed E-state index contributed by atoms with van der Waals surface area (Å²) in [5.41, 5.74) is -0.124. The van der Waals surface area contributed by atoms with Gasteiger partial charge in [-0.05, 0) is 20.3 Å². The topological polar surface area (TPSA) is 49.0 Å². The van der Waals surface area contributed by atoms with Crippen LogP contribution < -0.4 is 5.32 Å². The number of nitrogens with one attached hydrogen (secondary N) is 1. The zero-order valence-corrected chi connectivity index (χ0v) is 13.7. The van der Waals surface area contributed by atoms with Crippen LogP contribution in [-0.4, -0.2) is 65.4 Å². The first kappa shape index (κ1) is 19.8. The minimum Gasteiger partial charge on any atom is -0.379 e. The molecule has 0 fully saturated rings. The van der Waals surface area contributed by atoms with Crippen molar-refractivity contribution in [2.24, 2.45) is 0 Å². The lowest BCUT2D eigenvalue weighted by atomic mass is 10.1. The molecule has 0 rings (SSSR count). The second kappa shape index (κ2) is 13.8. The van der Waals surface area contributed by atoms with Gasteiger partial charge in [0.1, 0.15) is 0 Å². The normalized spacial score (nSPS) is 12.0. The third-order valence-corrected chi connectivity index (χ3v) is 2.91. The zero-order chi connectivity index (χ0) is 15.1. The molecule has 0 aromatic carbocycles. The molecule has 0 unspecified atom stereocenters. The van der Waals surface area contributed by atoms with Crippen LogP contribution in [0.25, 0.3) is 0 Å². The summed E-state index contributed by atoms with van der Waals surface area (Å²) >= 11 is 0. The number of hydrogen-bond acceptors (Lipinski definition) is 5. The van der Waals surface area contributed by atoms with Crippen LogP contribution >= 0.6 is 0 Å². The quantitative estimate of drug-likeness (QED) is 0.467. The Morgan fingerprint density at radius 1 is 0.850 bits per heavy atom. The molecule has 0 heterocycles. The highest BCUT2D eigenvalue weighted by Crippen LogP contribution is 2.03. The van der Waals surface area contributed by atoms with Gasteiger partial charge in [-0.25, -0.2) is 0 Å². The van der Waals surface area contributed by atoms with Gasteiger partial charge in [0.25, 0.3) is 0 Å². The van der Waals surface area contributed by atoms with Gasteiger partial charge >= 0.3 is 0 Å². The number of hydrogen-bond donors (Lipinski definition) is 1. The van der Waals surface area contributed by atoms with Gasteiger partial charge in [0.2, 0.25) is 0 Å². The van der Waals surface area contributed by atoms with Crippen molar-refractivity contribution in [3.8, 4) is 0 Å². The second-order valence-corrected chi connectivity index (χ2v) is 5.33. The van der Waals surface area contributed by atoms with Gasteiger partial charge in [0.15, 0.2) is 0 Å². The maximum Gasteiger partial charge on any atom is 0.0746 e. The van der Waals surface area contributed by atoms with E-state index in [9.17, 15) is 0 Å². The molecule has 0 saturated heterocycles. The summed E-state index contributed by atoms with van der Waals surface area (Å²) in [7, 11) is 1.72. The fourth-order valence-corrected chi connectivity index (χ4v) is 1.39. The first-order valence-corrected chi connectivity index (χ1v) is 7.61. The van der Waals surface area contributed by atoms with Crippen LogP contribution in [0.4, 0.5) is 0 Å². The van der Waals surface area contributed by atoms with Crippen LogP contribution in [0.2, 0.25) is 0 Å². The summed E-state index contributed by atoms with van der Waals surface area (Å²) in [6, 6.07) is 0.